The van der Waals surface area contributed by atoms with Crippen molar-refractivity contribution in [3.63, 3.8) is 0 Å². The Morgan fingerprint density at radius 1 is 0.709 bits per heavy atom. The Morgan fingerprint density at radius 3 is 2.11 bits per heavy atom. The molecule has 7 nitrogen and oxygen atoms in total. The minimum Gasteiger partial charge on any atom is -0.508 e. The molecular formula is C48H55N3O4. The van der Waals surface area contributed by atoms with Crippen molar-refractivity contribution in [1.82, 2.24) is 14.7 Å². The third-order valence-corrected chi connectivity index (χ3v) is 11.8. The summed E-state index contributed by atoms with van der Waals surface area (Å²) in [5, 5.41) is 9.96. The molecule has 2 aliphatic heterocycles. The number of allylic oxidation sites excluding steroid dienone is 1. The molecule has 2 heterocycles. The predicted molar refractivity (Wildman–Crippen MR) is 220 cm³/mol. The van der Waals surface area contributed by atoms with E-state index < -0.39 is 6.04 Å². The molecule has 286 valence electrons. The van der Waals surface area contributed by atoms with E-state index in [0.29, 0.717) is 24.9 Å². The number of Topliss-reactive ketones (excluding diaryl/α,β-unsaturated/α-hetero) is 2. The molecule has 7 rings (SSSR count). The number of ketones is 2. The third-order valence-electron chi connectivity index (χ3n) is 11.8. The lowest BCUT2D eigenvalue weighted by molar-refractivity contribution is -0.133. The zero-order valence-corrected chi connectivity index (χ0v) is 32.3. The van der Waals surface area contributed by atoms with E-state index in [2.05, 4.69) is 83.5 Å². The fraction of sp³-hybridized carbons (Fsp3) is 0.396. The molecule has 1 unspecified atom stereocenters. The Morgan fingerprint density at radius 2 is 1.40 bits per heavy atom. The highest BCUT2D eigenvalue weighted by Gasteiger charge is 2.39. The van der Waals surface area contributed by atoms with E-state index in [0.717, 1.165) is 69.7 Å². The van der Waals surface area contributed by atoms with Crippen LogP contribution < -0.4 is 0 Å². The van der Waals surface area contributed by atoms with Crippen molar-refractivity contribution in [3.05, 3.63) is 136 Å². The maximum Gasteiger partial charge on any atom is 0.255 e. The zero-order valence-electron chi connectivity index (χ0n) is 32.3. The predicted octanol–water partition coefficient (Wildman–Crippen LogP) is 8.37. The second-order valence-electron chi connectivity index (χ2n) is 15.6. The molecule has 0 aromatic heterocycles. The average Bonchev–Trinajstić information content (AvgIpc) is 3.35. The highest BCUT2D eigenvalue weighted by atomic mass is 16.3. The number of benzene rings is 4. The molecule has 1 amide bonds. The molecule has 1 aliphatic carbocycles. The van der Waals surface area contributed by atoms with Crippen LogP contribution in [-0.4, -0.2) is 82.6 Å². The molecule has 2 fully saturated rings. The van der Waals surface area contributed by atoms with Gasteiger partial charge in [0.1, 0.15) is 11.5 Å². The molecule has 1 saturated carbocycles. The maximum atomic E-state index is 13.1. The molecule has 4 aromatic rings. The number of nitrogens with zero attached hydrogens (tertiary/aromatic N) is 3. The van der Waals surface area contributed by atoms with Gasteiger partial charge in [0.2, 0.25) is 0 Å². The monoisotopic (exact) mass is 737 g/mol. The van der Waals surface area contributed by atoms with Crippen LogP contribution in [0.2, 0.25) is 0 Å². The van der Waals surface area contributed by atoms with Gasteiger partial charge in [0.15, 0.2) is 5.78 Å². The fourth-order valence-corrected chi connectivity index (χ4v) is 8.74. The van der Waals surface area contributed by atoms with Gasteiger partial charge in [-0.05, 0) is 127 Å². The summed E-state index contributed by atoms with van der Waals surface area (Å²) in [7, 11) is 0. The topological polar surface area (TPSA) is 81.2 Å². The van der Waals surface area contributed by atoms with Crippen LogP contribution in [0.1, 0.15) is 102 Å². The van der Waals surface area contributed by atoms with Crippen LogP contribution in [0.4, 0.5) is 0 Å². The quantitative estimate of drug-likeness (QED) is 0.0796. The SMILES string of the molecule is CC/C(=C(\c1ccc(O)cc1)c1ccc(CCCCCN2CCCN(CCc3ccc4c(c3)CN(C3CCC(=O)CC3=O)C4=O)CC2)cc1)c1ccccc1. The second kappa shape index (κ2) is 18.2. The Kier molecular flexibility index (Phi) is 12.7. The van der Waals surface area contributed by atoms with Gasteiger partial charge in [0, 0.05) is 38.2 Å². The van der Waals surface area contributed by atoms with Crippen LogP contribution in [0.5, 0.6) is 5.75 Å². The number of rotatable bonds is 14. The average molecular weight is 738 g/mol. The minimum absolute atomic E-state index is 0.0145. The van der Waals surface area contributed by atoms with E-state index >= 15 is 0 Å². The second-order valence-corrected chi connectivity index (χ2v) is 15.6. The molecule has 0 radical (unpaired) electrons. The van der Waals surface area contributed by atoms with Crippen LogP contribution in [0.3, 0.4) is 0 Å². The first-order valence-corrected chi connectivity index (χ1v) is 20.5. The van der Waals surface area contributed by atoms with Gasteiger partial charge in [-0.1, -0.05) is 92.2 Å². The number of carbonyl (C=O) groups excluding carboxylic acids is 3. The smallest absolute Gasteiger partial charge is 0.255 e. The van der Waals surface area contributed by atoms with E-state index in [1.165, 1.54) is 59.1 Å². The summed E-state index contributed by atoms with van der Waals surface area (Å²) in [6.45, 7) is 9.28. The van der Waals surface area contributed by atoms with E-state index in [9.17, 15) is 19.5 Å². The molecule has 0 bridgehead atoms. The molecule has 1 atom stereocenters. The van der Waals surface area contributed by atoms with Crippen LogP contribution in [0, 0.1) is 0 Å². The molecular weight excluding hydrogens is 683 g/mol. The molecule has 55 heavy (non-hydrogen) atoms. The molecule has 4 aromatic carbocycles. The molecule has 3 aliphatic rings. The Bertz CT molecular complexity index is 1990. The lowest BCUT2D eigenvalue weighted by Crippen LogP contribution is -2.44. The van der Waals surface area contributed by atoms with Crippen molar-refractivity contribution in [2.24, 2.45) is 0 Å². The minimum atomic E-state index is -0.464. The summed E-state index contributed by atoms with van der Waals surface area (Å²) in [6.07, 6.45) is 8.53. The summed E-state index contributed by atoms with van der Waals surface area (Å²) in [5.74, 6) is 0.0760. The Hall–Kier alpha value is -4.85. The van der Waals surface area contributed by atoms with Crippen molar-refractivity contribution < 1.29 is 19.5 Å². The van der Waals surface area contributed by atoms with Crippen LogP contribution >= 0.6 is 0 Å². The van der Waals surface area contributed by atoms with E-state index in [1.54, 1.807) is 17.0 Å². The van der Waals surface area contributed by atoms with Gasteiger partial charge in [-0.25, -0.2) is 0 Å². The molecule has 1 saturated heterocycles. The number of amides is 1. The normalized spacial score (nSPS) is 18.7. The van der Waals surface area contributed by atoms with Gasteiger partial charge in [0.05, 0.1) is 12.5 Å². The number of carbonyl (C=O) groups is 3. The molecule has 7 heteroatoms. The van der Waals surface area contributed by atoms with E-state index in [4.69, 9.17) is 0 Å². The Balaban J connectivity index is 0.847. The number of fused-ring (bicyclic) bond motifs is 1. The van der Waals surface area contributed by atoms with Gasteiger partial charge >= 0.3 is 0 Å². The fourth-order valence-electron chi connectivity index (χ4n) is 8.74. The summed E-state index contributed by atoms with van der Waals surface area (Å²) in [6, 6.07) is 33.0. The number of unbranched alkanes of at least 4 members (excludes halogenated alkanes) is 2. The van der Waals surface area contributed by atoms with Crippen LogP contribution in [0.25, 0.3) is 11.1 Å². The van der Waals surface area contributed by atoms with Crippen molar-refractivity contribution >= 4 is 28.6 Å². The number of phenolic OH excluding ortho intramolecular Hbond substituents is 1. The highest BCUT2D eigenvalue weighted by Crippen LogP contribution is 2.35. The van der Waals surface area contributed by atoms with Gasteiger partial charge < -0.3 is 19.8 Å². The lowest BCUT2D eigenvalue weighted by Gasteiger charge is -2.29. The Labute approximate surface area is 326 Å². The van der Waals surface area contributed by atoms with Gasteiger partial charge in [0.25, 0.3) is 5.91 Å². The van der Waals surface area contributed by atoms with Crippen molar-refractivity contribution in [2.45, 2.75) is 83.7 Å². The van der Waals surface area contributed by atoms with Crippen molar-refractivity contribution in [1.29, 1.82) is 0 Å². The number of aryl methyl sites for hydroxylation is 1. The van der Waals surface area contributed by atoms with Crippen LogP contribution in [-0.2, 0) is 29.0 Å². The number of aromatic hydroxyl groups is 1. The van der Waals surface area contributed by atoms with Crippen molar-refractivity contribution in [3.8, 4) is 5.75 Å². The third kappa shape index (κ3) is 9.52. The van der Waals surface area contributed by atoms with Gasteiger partial charge in [-0.15, -0.1) is 0 Å². The zero-order chi connectivity index (χ0) is 38.1. The van der Waals surface area contributed by atoms with Crippen LogP contribution in [0.15, 0.2) is 97.1 Å². The van der Waals surface area contributed by atoms with Crippen molar-refractivity contribution in [2.75, 3.05) is 39.3 Å². The first kappa shape index (κ1) is 38.4. The molecule has 0 spiro atoms. The first-order chi connectivity index (χ1) is 26.9. The van der Waals surface area contributed by atoms with Gasteiger partial charge in [-0.3, -0.25) is 14.4 Å². The molecule has 1 N–H and O–H groups in total. The summed E-state index contributed by atoms with van der Waals surface area (Å²) >= 11 is 0. The maximum absolute atomic E-state index is 13.1. The summed E-state index contributed by atoms with van der Waals surface area (Å²) < 4.78 is 0. The van der Waals surface area contributed by atoms with E-state index in [-0.39, 0.29) is 29.6 Å². The van der Waals surface area contributed by atoms with Gasteiger partial charge in [-0.2, -0.15) is 0 Å². The lowest BCUT2D eigenvalue weighted by atomic mass is 9.87. The number of hydrogen-bond donors (Lipinski definition) is 1. The standard InChI is InChI=1S/C48H55N3O4/c1-2-43(37-11-6-3-7-12-37)47(39-18-20-41(52)21-19-39)38-16-13-35(14-17-38)10-5-4-8-26-49-27-9-28-50(31-30-49)29-25-36-15-23-44-40(32-36)34-51(48(44)55)45-24-22-42(53)33-46(45)54/h3,6-7,11-21,23,32,45,52H,2,4-5,8-10,22,24-31,33-34H2,1H3/b47-43+. The number of hydrogen-bond acceptors (Lipinski definition) is 6. The van der Waals surface area contributed by atoms with E-state index in [1.807, 2.05) is 18.2 Å². The summed E-state index contributed by atoms with van der Waals surface area (Å²) in [4.78, 5) is 44.2. The first-order valence-electron chi connectivity index (χ1n) is 20.5. The highest BCUT2D eigenvalue weighted by molar-refractivity contribution is 6.07. The number of phenols is 1. The summed E-state index contributed by atoms with van der Waals surface area (Å²) in [5.41, 5.74) is 10.4. The largest absolute Gasteiger partial charge is 0.508 e.